The molecule has 0 amide bonds. The molecule has 3 aliphatic carbocycles. The fourth-order valence-corrected chi connectivity index (χ4v) is 12.2. The molecular weight excluding hydrogens is 315 g/mol. The van der Waals surface area contributed by atoms with E-state index in [9.17, 15) is 0 Å². The van der Waals surface area contributed by atoms with Crippen LogP contribution in [0, 0.1) is 0 Å². The van der Waals surface area contributed by atoms with Crippen molar-refractivity contribution in [1.82, 2.24) is 0 Å². The van der Waals surface area contributed by atoms with Crippen LogP contribution in [0.2, 0.25) is 0 Å². The van der Waals surface area contributed by atoms with Crippen molar-refractivity contribution in [2.45, 2.75) is 106 Å². The molecule has 0 aromatic carbocycles. The van der Waals surface area contributed by atoms with Crippen LogP contribution in [-0.4, -0.2) is 11.3 Å². The van der Waals surface area contributed by atoms with E-state index in [0.29, 0.717) is 5.16 Å². The zero-order valence-corrected chi connectivity index (χ0v) is 16.4. The lowest BCUT2D eigenvalue weighted by atomic mass is 9.99. The Morgan fingerprint density at radius 2 is 1.35 bits per heavy atom. The summed E-state index contributed by atoms with van der Waals surface area (Å²) in [5, 5.41) is 2.98. The Kier molecular flexibility index (Phi) is 5.46. The van der Waals surface area contributed by atoms with Crippen LogP contribution in [0.4, 0.5) is 0 Å². The molecule has 0 aliphatic heterocycles. The second kappa shape index (κ2) is 7.57. The monoisotopic (exact) mass is 348 g/mol. The molecule has 1 aromatic heterocycles. The maximum atomic E-state index is 2.51. The van der Waals surface area contributed by atoms with Crippen molar-refractivity contribution >= 4 is 19.3 Å². The highest BCUT2D eigenvalue weighted by Crippen LogP contribution is 2.72. The summed E-state index contributed by atoms with van der Waals surface area (Å²) in [6.45, 7) is 0. The van der Waals surface area contributed by atoms with Gasteiger partial charge in [0.25, 0.3) is 0 Å². The molecule has 3 saturated carbocycles. The highest BCUT2D eigenvalue weighted by molar-refractivity contribution is 7.60. The van der Waals surface area contributed by atoms with Gasteiger partial charge in [0.1, 0.15) is 0 Å². The van der Waals surface area contributed by atoms with Crippen molar-refractivity contribution in [2.75, 3.05) is 0 Å². The molecule has 23 heavy (non-hydrogen) atoms. The lowest BCUT2D eigenvalue weighted by Crippen LogP contribution is -2.32. The minimum atomic E-state index is 0.177. The van der Waals surface area contributed by atoms with Crippen LogP contribution in [0.5, 0.6) is 0 Å². The van der Waals surface area contributed by atoms with Gasteiger partial charge < -0.3 is 0 Å². The molecule has 0 saturated heterocycles. The minimum Gasteiger partial charge on any atom is -0.148 e. The van der Waals surface area contributed by atoms with Gasteiger partial charge in [0.2, 0.25) is 0 Å². The number of hydrogen-bond acceptors (Lipinski definition) is 1. The predicted molar refractivity (Wildman–Crippen MR) is 105 cm³/mol. The van der Waals surface area contributed by atoms with E-state index < -0.39 is 0 Å². The quantitative estimate of drug-likeness (QED) is 0.490. The van der Waals surface area contributed by atoms with Gasteiger partial charge in [-0.15, -0.1) is 11.3 Å². The van der Waals surface area contributed by atoms with E-state index in [-0.39, 0.29) is 7.92 Å². The molecule has 1 heterocycles. The molecule has 0 nitrogen and oxygen atoms in total. The predicted octanol–water partition coefficient (Wildman–Crippen LogP) is 7.66. The summed E-state index contributed by atoms with van der Waals surface area (Å²) < 4.78 is 0. The van der Waals surface area contributed by atoms with Crippen LogP contribution in [0.25, 0.3) is 0 Å². The number of thiophene rings is 1. The highest BCUT2D eigenvalue weighted by Gasteiger charge is 2.49. The van der Waals surface area contributed by atoms with Crippen LogP contribution in [-0.2, 0) is 5.16 Å². The van der Waals surface area contributed by atoms with Crippen LogP contribution in [0.15, 0.2) is 17.5 Å². The van der Waals surface area contributed by atoms with E-state index in [4.69, 9.17) is 0 Å². The lowest BCUT2D eigenvalue weighted by Gasteiger charge is -2.49. The summed E-state index contributed by atoms with van der Waals surface area (Å²) in [6, 6.07) is 4.84. The van der Waals surface area contributed by atoms with Crippen LogP contribution >= 0.6 is 19.3 Å². The van der Waals surface area contributed by atoms with Crippen LogP contribution < -0.4 is 0 Å². The van der Waals surface area contributed by atoms with Gasteiger partial charge >= 0.3 is 0 Å². The minimum absolute atomic E-state index is 0.177. The third kappa shape index (κ3) is 3.30. The van der Waals surface area contributed by atoms with Crippen LogP contribution in [0.3, 0.4) is 0 Å². The molecule has 128 valence electrons. The van der Waals surface area contributed by atoms with E-state index in [1.54, 1.807) is 30.6 Å². The molecular formula is C21H33PS. The summed E-state index contributed by atoms with van der Waals surface area (Å²) in [5.74, 6) is 0. The zero-order valence-electron chi connectivity index (χ0n) is 14.6. The maximum Gasteiger partial charge on any atom is 0.0253 e. The normalized spacial score (nSPS) is 26.8. The Hall–Kier alpha value is 0.130. The van der Waals surface area contributed by atoms with Gasteiger partial charge in [0, 0.05) is 10.0 Å². The highest BCUT2D eigenvalue weighted by atomic mass is 32.1. The van der Waals surface area contributed by atoms with Gasteiger partial charge in [0.05, 0.1) is 0 Å². The molecule has 4 rings (SSSR count). The molecule has 0 atom stereocenters. The molecule has 0 bridgehead atoms. The van der Waals surface area contributed by atoms with E-state index in [2.05, 4.69) is 28.8 Å². The average molecular weight is 349 g/mol. The Morgan fingerprint density at radius 3 is 1.83 bits per heavy atom. The topological polar surface area (TPSA) is 0 Å². The maximum absolute atomic E-state index is 2.51. The van der Waals surface area contributed by atoms with Gasteiger partial charge in [-0.1, -0.05) is 65.4 Å². The first kappa shape index (κ1) is 16.6. The fraction of sp³-hybridized carbons (Fsp3) is 0.810. The lowest BCUT2D eigenvalue weighted by molar-refractivity contribution is 0.468. The molecule has 0 spiro atoms. The number of hydrogen-bond donors (Lipinski definition) is 0. The van der Waals surface area contributed by atoms with Crippen LogP contribution in [0.1, 0.15) is 94.8 Å². The van der Waals surface area contributed by atoms with Gasteiger partial charge in [-0.25, -0.2) is 0 Å². The van der Waals surface area contributed by atoms with Crippen molar-refractivity contribution in [3.05, 3.63) is 22.4 Å². The SMILES string of the molecule is c1csc(C2(P(C3CCCCC3)C3CCCCC3)CCCC2)c1. The summed E-state index contributed by atoms with van der Waals surface area (Å²) in [5.41, 5.74) is 2.20. The third-order valence-corrected chi connectivity index (χ3v) is 12.3. The smallest absolute Gasteiger partial charge is 0.0253 e. The van der Waals surface area contributed by atoms with Crippen molar-refractivity contribution in [2.24, 2.45) is 0 Å². The Bertz CT molecular complexity index is 444. The Morgan fingerprint density at radius 1 is 0.783 bits per heavy atom. The molecule has 0 unspecified atom stereocenters. The summed E-state index contributed by atoms with van der Waals surface area (Å²) in [6.07, 6.45) is 21.4. The van der Waals surface area contributed by atoms with Crippen molar-refractivity contribution < 1.29 is 0 Å². The van der Waals surface area contributed by atoms with Crippen molar-refractivity contribution in [1.29, 1.82) is 0 Å². The van der Waals surface area contributed by atoms with Gasteiger partial charge in [0.15, 0.2) is 0 Å². The van der Waals surface area contributed by atoms with E-state index in [1.165, 1.54) is 64.2 Å². The fourth-order valence-electron chi connectivity index (χ4n) is 5.85. The second-order valence-electron chi connectivity index (χ2n) is 8.21. The molecule has 1 aromatic rings. The summed E-state index contributed by atoms with van der Waals surface area (Å²) >= 11 is 2.09. The van der Waals surface area contributed by atoms with Crippen molar-refractivity contribution in [3.8, 4) is 0 Å². The first-order valence-electron chi connectivity index (χ1n) is 10.2. The Balaban J connectivity index is 1.69. The molecule has 0 N–H and O–H groups in total. The summed E-state index contributed by atoms with van der Waals surface area (Å²) in [4.78, 5) is 1.79. The van der Waals surface area contributed by atoms with E-state index >= 15 is 0 Å². The molecule has 0 radical (unpaired) electrons. The Labute approximate surface area is 148 Å². The van der Waals surface area contributed by atoms with E-state index in [1.807, 2.05) is 0 Å². The molecule has 2 heteroatoms. The van der Waals surface area contributed by atoms with Gasteiger partial charge in [-0.05, 0) is 61.3 Å². The first-order valence-corrected chi connectivity index (χ1v) is 12.6. The largest absolute Gasteiger partial charge is 0.148 e. The second-order valence-corrected chi connectivity index (χ2v) is 12.3. The summed E-state index contributed by atoms with van der Waals surface area (Å²) in [7, 11) is 0.177. The zero-order chi connectivity index (χ0) is 15.5. The number of rotatable bonds is 4. The van der Waals surface area contributed by atoms with Gasteiger partial charge in [-0.3, -0.25) is 0 Å². The first-order chi connectivity index (χ1) is 11.4. The molecule has 3 aliphatic rings. The average Bonchev–Trinajstić information content (AvgIpc) is 3.30. The molecule has 3 fully saturated rings. The third-order valence-electron chi connectivity index (χ3n) is 6.84. The van der Waals surface area contributed by atoms with Crippen molar-refractivity contribution in [3.63, 3.8) is 0 Å². The standard InChI is InChI=1S/C21H33PS/c1-3-10-18(11-4-1)22(19-12-5-2-6-13-19)21(15-7-8-16-21)20-14-9-17-23-20/h9,14,17-19H,1-8,10-13,15-16H2. The van der Waals surface area contributed by atoms with Gasteiger partial charge in [-0.2, -0.15) is 0 Å². The van der Waals surface area contributed by atoms with E-state index in [0.717, 1.165) is 11.3 Å².